The van der Waals surface area contributed by atoms with Crippen LogP contribution in [0.5, 0.6) is 0 Å². The Bertz CT molecular complexity index is 1120. The number of hydrogen-bond donors (Lipinski definition) is 3. The molecule has 176 valence electrons. The van der Waals surface area contributed by atoms with Crippen LogP contribution in [0.25, 0.3) is 10.8 Å². The average molecular weight is 471 g/mol. The molecule has 1 saturated heterocycles. The Kier molecular flexibility index (Phi) is 7.60. The van der Waals surface area contributed by atoms with E-state index in [4.69, 9.17) is 4.74 Å². The minimum atomic E-state index is -3.91. The topological polar surface area (TPSA) is 120 Å². The van der Waals surface area contributed by atoms with Crippen LogP contribution < -0.4 is 15.4 Å². The third-order valence-electron chi connectivity index (χ3n) is 6.24. The lowest BCUT2D eigenvalue weighted by Gasteiger charge is -2.22. The fraction of sp³-hybridized carbons (Fsp3) is 0.500. The van der Waals surface area contributed by atoms with Crippen molar-refractivity contribution in [2.24, 2.45) is 11.8 Å². The summed E-state index contributed by atoms with van der Waals surface area (Å²) >= 11 is 0. The smallest absolute Gasteiger partial charge is 0.241 e. The van der Waals surface area contributed by atoms with Crippen molar-refractivity contribution in [2.75, 3.05) is 19.9 Å². The van der Waals surface area contributed by atoms with Crippen molar-refractivity contribution in [3.63, 3.8) is 0 Å². The van der Waals surface area contributed by atoms with Gasteiger partial charge in [0.05, 0.1) is 24.3 Å². The monoisotopic (exact) mass is 470 g/mol. The number of nitrogens with one attached hydrogen (secondary N) is 3. The molecule has 0 bridgehead atoms. The lowest BCUT2D eigenvalue weighted by molar-refractivity contribution is -0.123. The molecule has 0 aromatic heterocycles. The molecule has 8 nitrogen and oxygen atoms in total. The SMILES string of the molecule is N#CC(CC1CCNCOC1)NC(=O)C(CC1CC1)NS(=O)(=O)c1ccc2ccccc2c1. The van der Waals surface area contributed by atoms with Gasteiger partial charge in [-0.2, -0.15) is 9.98 Å². The van der Waals surface area contributed by atoms with Gasteiger partial charge in [-0.15, -0.1) is 0 Å². The Morgan fingerprint density at radius 3 is 2.67 bits per heavy atom. The maximum absolute atomic E-state index is 13.1. The maximum Gasteiger partial charge on any atom is 0.241 e. The van der Waals surface area contributed by atoms with Crippen molar-refractivity contribution in [3.8, 4) is 6.07 Å². The molecular weight excluding hydrogens is 440 g/mol. The van der Waals surface area contributed by atoms with Crippen LogP contribution in [0.4, 0.5) is 0 Å². The molecule has 3 N–H and O–H groups in total. The fourth-order valence-corrected chi connectivity index (χ4v) is 5.42. The Morgan fingerprint density at radius 1 is 1.12 bits per heavy atom. The zero-order valence-electron chi connectivity index (χ0n) is 18.5. The molecule has 2 fully saturated rings. The second-order valence-corrected chi connectivity index (χ2v) is 10.7. The number of benzene rings is 2. The van der Waals surface area contributed by atoms with Gasteiger partial charge in [-0.1, -0.05) is 43.2 Å². The number of rotatable bonds is 9. The van der Waals surface area contributed by atoms with Crippen LogP contribution in [0.1, 0.15) is 32.1 Å². The standard InChI is InChI=1S/C24H30N4O4S/c25-14-21(11-18-9-10-26-16-32-15-18)27-24(29)23(12-17-5-6-17)28-33(30,31)22-8-7-19-3-1-2-4-20(19)13-22/h1-4,7-8,13,17-18,21,23,26,28H,5-6,9-12,15-16H2,(H,27,29). The van der Waals surface area contributed by atoms with Crippen LogP contribution >= 0.6 is 0 Å². The zero-order valence-corrected chi connectivity index (χ0v) is 19.3. The summed E-state index contributed by atoms with van der Waals surface area (Å²) in [5, 5.41) is 17.3. The molecule has 2 aromatic rings. The van der Waals surface area contributed by atoms with Crippen LogP contribution in [0, 0.1) is 23.2 Å². The summed E-state index contributed by atoms with van der Waals surface area (Å²) in [7, 11) is -3.91. The number of sulfonamides is 1. The molecule has 0 spiro atoms. The summed E-state index contributed by atoms with van der Waals surface area (Å²) < 4.78 is 34.3. The predicted molar refractivity (Wildman–Crippen MR) is 124 cm³/mol. The Balaban J connectivity index is 1.45. The maximum atomic E-state index is 13.1. The molecule has 1 amide bonds. The fourth-order valence-electron chi connectivity index (χ4n) is 4.18. The minimum absolute atomic E-state index is 0.120. The molecule has 4 rings (SSSR count). The Morgan fingerprint density at radius 2 is 1.91 bits per heavy atom. The van der Waals surface area contributed by atoms with E-state index in [9.17, 15) is 18.5 Å². The van der Waals surface area contributed by atoms with E-state index in [2.05, 4.69) is 21.4 Å². The largest absolute Gasteiger partial charge is 0.366 e. The van der Waals surface area contributed by atoms with Gasteiger partial charge in [0, 0.05) is 0 Å². The van der Waals surface area contributed by atoms with E-state index in [0.29, 0.717) is 32.1 Å². The second-order valence-electron chi connectivity index (χ2n) is 8.96. The summed E-state index contributed by atoms with van der Waals surface area (Å²) in [4.78, 5) is 13.2. The molecule has 9 heteroatoms. The van der Waals surface area contributed by atoms with Gasteiger partial charge in [-0.05, 0) is 60.5 Å². The number of carbonyl (C=O) groups is 1. The number of amides is 1. The molecule has 1 aliphatic carbocycles. The highest BCUT2D eigenvalue weighted by Crippen LogP contribution is 2.34. The van der Waals surface area contributed by atoms with E-state index < -0.39 is 28.0 Å². The van der Waals surface area contributed by atoms with Gasteiger partial charge < -0.3 is 10.1 Å². The molecular formula is C24H30N4O4S. The Hall–Kier alpha value is -2.51. The van der Waals surface area contributed by atoms with E-state index >= 15 is 0 Å². The molecule has 3 unspecified atom stereocenters. The van der Waals surface area contributed by atoms with Crippen molar-refractivity contribution in [1.29, 1.82) is 5.26 Å². The van der Waals surface area contributed by atoms with E-state index in [0.717, 1.165) is 36.6 Å². The molecule has 1 heterocycles. The van der Waals surface area contributed by atoms with Crippen molar-refractivity contribution >= 4 is 26.7 Å². The van der Waals surface area contributed by atoms with E-state index in [1.165, 1.54) is 0 Å². The Labute approximate surface area is 194 Å². The van der Waals surface area contributed by atoms with Gasteiger partial charge >= 0.3 is 0 Å². The molecule has 2 aliphatic rings. The lowest BCUT2D eigenvalue weighted by Crippen LogP contribution is -2.50. The normalized spacial score (nSPS) is 21.0. The predicted octanol–water partition coefficient (Wildman–Crippen LogP) is 2.27. The van der Waals surface area contributed by atoms with Crippen molar-refractivity contribution in [3.05, 3.63) is 42.5 Å². The van der Waals surface area contributed by atoms with Gasteiger partial charge in [-0.25, -0.2) is 8.42 Å². The van der Waals surface area contributed by atoms with Crippen LogP contribution in [0.2, 0.25) is 0 Å². The summed E-state index contributed by atoms with van der Waals surface area (Å²) in [6, 6.07) is 13.0. The van der Waals surface area contributed by atoms with E-state index in [-0.39, 0.29) is 10.8 Å². The number of ether oxygens (including phenoxy) is 1. The molecule has 33 heavy (non-hydrogen) atoms. The highest BCUT2D eigenvalue weighted by atomic mass is 32.2. The summed E-state index contributed by atoms with van der Waals surface area (Å²) in [5.74, 6) is 0.0218. The molecule has 1 aliphatic heterocycles. The third kappa shape index (κ3) is 6.51. The first kappa shape index (κ1) is 23.6. The molecule has 1 saturated carbocycles. The van der Waals surface area contributed by atoms with Gasteiger partial charge in [0.1, 0.15) is 12.1 Å². The first-order valence-corrected chi connectivity index (χ1v) is 12.9. The number of carbonyl (C=O) groups excluding carboxylic acids is 1. The molecule has 2 aromatic carbocycles. The van der Waals surface area contributed by atoms with Crippen molar-refractivity contribution in [2.45, 2.75) is 49.1 Å². The van der Waals surface area contributed by atoms with E-state index in [1.54, 1.807) is 18.2 Å². The highest BCUT2D eigenvalue weighted by molar-refractivity contribution is 7.89. The number of nitrogens with zero attached hydrogens (tertiary/aromatic N) is 1. The number of fused-ring (bicyclic) bond motifs is 1. The van der Waals surface area contributed by atoms with Crippen molar-refractivity contribution < 1.29 is 17.9 Å². The van der Waals surface area contributed by atoms with Gasteiger partial charge in [-0.3, -0.25) is 10.1 Å². The number of hydrogen-bond acceptors (Lipinski definition) is 6. The minimum Gasteiger partial charge on any atom is -0.366 e. The highest BCUT2D eigenvalue weighted by Gasteiger charge is 2.34. The van der Waals surface area contributed by atoms with Gasteiger partial charge in [0.2, 0.25) is 15.9 Å². The van der Waals surface area contributed by atoms with Crippen LogP contribution in [-0.2, 0) is 19.6 Å². The summed E-state index contributed by atoms with van der Waals surface area (Å²) in [6.45, 7) is 1.81. The first-order chi connectivity index (χ1) is 15.9. The number of nitriles is 1. The van der Waals surface area contributed by atoms with Crippen LogP contribution in [0.15, 0.2) is 47.4 Å². The van der Waals surface area contributed by atoms with Crippen LogP contribution in [0.3, 0.4) is 0 Å². The summed E-state index contributed by atoms with van der Waals surface area (Å²) in [6.07, 6.45) is 3.71. The molecule has 3 atom stereocenters. The first-order valence-electron chi connectivity index (χ1n) is 11.4. The van der Waals surface area contributed by atoms with Crippen LogP contribution in [-0.4, -0.2) is 46.3 Å². The van der Waals surface area contributed by atoms with E-state index in [1.807, 2.05) is 24.3 Å². The molecule has 0 radical (unpaired) electrons. The average Bonchev–Trinajstić information content (AvgIpc) is 3.65. The quantitative estimate of drug-likeness (QED) is 0.517. The zero-order chi connectivity index (χ0) is 23.3. The van der Waals surface area contributed by atoms with Gasteiger partial charge in [0.15, 0.2) is 0 Å². The summed E-state index contributed by atoms with van der Waals surface area (Å²) in [5.41, 5.74) is 0. The van der Waals surface area contributed by atoms with Gasteiger partial charge in [0.25, 0.3) is 0 Å². The second kappa shape index (κ2) is 10.6. The lowest BCUT2D eigenvalue weighted by atomic mass is 9.97. The van der Waals surface area contributed by atoms with Crippen molar-refractivity contribution in [1.82, 2.24) is 15.4 Å². The third-order valence-corrected chi connectivity index (χ3v) is 7.71.